The number of hydrogen-bond donors (Lipinski definition) is 2. The monoisotopic (exact) mass is 274 g/mol. The summed E-state index contributed by atoms with van der Waals surface area (Å²) in [5.41, 5.74) is 7.42. The SMILES string of the molecule is CCOC(=O)c1ccc(Nc2ccccc2F)c(N)c1. The lowest BCUT2D eigenvalue weighted by atomic mass is 10.1. The Balaban J connectivity index is 2.22. The molecular formula is C15H15FN2O2. The molecule has 0 saturated heterocycles. The molecule has 0 aliphatic rings. The molecule has 0 aliphatic heterocycles. The minimum atomic E-state index is -0.434. The fourth-order valence-corrected chi connectivity index (χ4v) is 1.73. The first-order valence-corrected chi connectivity index (χ1v) is 6.20. The maximum Gasteiger partial charge on any atom is 0.338 e. The van der Waals surface area contributed by atoms with Crippen molar-refractivity contribution in [3.8, 4) is 0 Å². The molecule has 104 valence electrons. The van der Waals surface area contributed by atoms with Gasteiger partial charge in [0.1, 0.15) is 5.82 Å². The number of esters is 1. The summed E-state index contributed by atoms with van der Waals surface area (Å²) in [6.07, 6.45) is 0. The highest BCUT2D eigenvalue weighted by Crippen LogP contribution is 2.25. The Morgan fingerprint density at radius 1 is 1.25 bits per heavy atom. The number of nitrogens with two attached hydrogens (primary N) is 1. The van der Waals surface area contributed by atoms with Crippen molar-refractivity contribution in [1.29, 1.82) is 0 Å². The molecule has 0 fully saturated rings. The summed E-state index contributed by atoms with van der Waals surface area (Å²) in [7, 11) is 0. The van der Waals surface area contributed by atoms with E-state index in [4.69, 9.17) is 10.5 Å². The van der Waals surface area contributed by atoms with Crippen LogP contribution in [0.25, 0.3) is 0 Å². The lowest BCUT2D eigenvalue weighted by molar-refractivity contribution is 0.0526. The number of ether oxygens (including phenoxy) is 1. The van der Waals surface area contributed by atoms with Crippen LogP contribution in [0.2, 0.25) is 0 Å². The van der Waals surface area contributed by atoms with Crippen molar-refractivity contribution < 1.29 is 13.9 Å². The van der Waals surface area contributed by atoms with E-state index in [1.807, 2.05) is 0 Å². The summed E-state index contributed by atoms with van der Waals surface area (Å²) >= 11 is 0. The van der Waals surface area contributed by atoms with E-state index >= 15 is 0 Å². The first-order valence-electron chi connectivity index (χ1n) is 6.20. The summed E-state index contributed by atoms with van der Waals surface area (Å²) in [5.74, 6) is -0.807. The van der Waals surface area contributed by atoms with Gasteiger partial charge in [-0.05, 0) is 37.3 Å². The van der Waals surface area contributed by atoms with Gasteiger partial charge >= 0.3 is 5.97 Å². The van der Waals surface area contributed by atoms with Crippen LogP contribution in [0.3, 0.4) is 0 Å². The Labute approximate surface area is 116 Å². The summed E-state index contributed by atoms with van der Waals surface area (Å²) in [6.45, 7) is 2.03. The van der Waals surface area contributed by atoms with Crippen LogP contribution < -0.4 is 11.1 Å². The van der Waals surface area contributed by atoms with Gasteiger partial charge < -0.3 is 15.8 Å². The van der Waals surface area contributed by atoms with E-state index in [9.17, 15) is 9.18 Å². The molecule has 4 nitrogen and oxygen atoms in total. The quantitative estimate of drug-likeness (QED) is 0.663. The molecule has 0 aromatic heterocycles. The predicted octanol–water partition coefficient (Wildman–Crippen LogP) is 3.33. The van der Waals surface area contributed by atoms with E-state index < -0.39 is 5.97 Å². The van der Waals surface area contributed by atoms with Gasteiger partial charge in [-0.2, -0.15) is 0 Å². The first kappa shape index (κ1) is 13.9. The highest BCUT2D eigenvalue weighted by molar-refractivity contribution is 5.92. The Bertz CT molecular complexity index is 629. The largest absolute Gasteiger partial charge is 0.462 e. The van der Waals surface area contributed by atoms with Gasteiger partial charge in [0.2, 0.25) is 0 Å². The second-order valence-corrected chi connectivity index (χ2v) is 4.13. The predicted molar refractivity (Wildman–Crippen MR) is 76.5 cm³/mol. The number of nitrogens with one attached hydrogen (secondary N) is 1. The Kier molecular flexibility index (Phi) is 4.20. The van der Waals surface area contributed by atoms with Crippen molar-refractivity contribution >= 4 is 23.0 Å². The molecule has 2 rings (SSSR count). The molecule has 20 heavy (non-hydrogen) atoms. The smallest absolute Gasteiger partial charge is 0.338 e. The van der Waals surface area contributed by atoms with Gasteiger partial charge in [0.05, 0.1) is 29.2 Å². The lowest BCUT2D eigenvalue weighted by Gasteiger charge is -2.11. The standard InChI is InChI=1S/C15H15FN2O2/c1-2-20-15(19)10-7-8-14(12(17)9-10)18-13-6-4-3-5-11(13)16/h3-9,18H,2,17H2,1H3. The number of hydrogen-bond acceptors (Lipinski definition) is 4. The molecule has 5 heteroatoms. The van der Waals surface area contributed by atoms with Crippen molar-refractivity contribution in [2.75, 3.05) is 17.7 Å². The first-order chi connectivity index (χ1) is 9.61. The Morgan fingerprint density at radius 2 is 2.00 bits per heavy atom. The molecule has 2 aromatic rings. The van der Waals surface area contributed by atoms with E-state index in [1.54, 1.807) is 37.3 Å². The highest BCUT2D eigenvalue weighted by atomic mass is 19.1. The van der Waals surface area contributed by atoms with Gasteiger partial charge in [-0.15, -0.1) is 0 Å². The summed E-state index contributed by atoms with van der Waals surface area (Å²) in [4.78, 5) is 11.6. The van der Waals surface area contributed by atoms with E-state index in [-0.39, 0.29) is 5.82 Å². The minimum Gasteiger partial charge on any atom is -0.462 e. The molecule has 0 heterocycles. The molecule has 3 N–H and O–H groups in total. The van der Waals surface area contributed by atoms with Crippen molar-refractivity contribution in [2.24, 2.45) is 0 Å². The zero-order chi connectivity index (χ0) is 14.5. The molecule has 0 spiro atoms. The number of anilines is 3. The van der Waals surface area contributed by atoms with E-state index in [0.29, 0.717) is 29.2 Å². The average molecular weight is 274 g/mol. The molecule has 0 bridgehead atoms. The molecule has 0 aliphatic carbocycles. The third-order valence-electron chi connectivity index (χ3n) is 2.71. The van der Waals surface area contributed by atoms with Gasteiger partial charge in [0, 0.05) is 0 Å². The average Bonchev–Trinajstić information content (AvgIpc) is 2.43. The number of halogens is 1. The van der Waals surface area contributed by atoms with Crippen LogP contribution in [-0.2, 0) is 4.74 Å². The van der Waals surface area contributed by atoms with Crippen molar-refractivity contribution in [3.63, 3.8) is 0 Å². The van der Waals surface area contributed by atoms with E-state index in [1.165, 1.54) is 12.1 Å². The summed E-state index contributed by atoms with van der Waals surface area (Å²) < 4.78 is 18.4. The number of benzene rings is 2. The fourth-order valence-electron chi connectivity index (χ4n) is 1.73. The van der Waals surface area contributed by atoms with E-state index in [2.05, 4.69) is 5.32 Å². The molecule has 0 atom stereocenters. The second kappa shape index (κ2) is 6.06. The third kappa shape index (κ3) is 3.06. The number of carbonyl (C=O) groups is 1. The van der Waals surface area contributed by atoms with Crippen LogP contribution in [0.15, 0.2) is 42.5 Å². The van der Waals surface area contributed by atoms with Gasteiger partial charge in [0.15, 0.2) is 0 Å². The summed E-state index contributed by atoms with van der Waals surface area (Å²) in [5, 5.41) is 2.89. The Morgan fingerprint density at radius 3 is 2.65 bits per heavy atom. The highest BCUT2D eigenvalue weighted by Gasteiger charge is 2.10. The molecule has 0 saturated carbocycles. The van der Waals surface area contributed by atoms with Crippen LogP contribution in [0, 0.1) is 5.82 Å². The van der Waals surface area contributed by atoms with Crippen LogP contribution in [0.1, 0.15) is 17.3 Å². The summed E-state index contributed by atoms with van der Waals surface area (Å²) in [6, 6.07) is 11.0. The topological polar surface area (TPSA) is 64.3 Å². The van der Waals surface area contributed by atoms with Crippen molar-refractivity contribution in [3.05, 3.63) is 53.8 Å². The van der Waals surface area contributed by atoms with Crippen LogP contribution >= 0.6 is 0 Å². The number of nitrogen functional groups attached to an aromatic ring is 1. The zero-order valence-corrected chi connectivity index (χ0v) is 11.0. The molecular weight excluding hydrogens is 259 g/mol. The van der Waals surface area contributed by atoms with E-state index in [0.717, 1.165) is 0 Å². The number of para-hydroxylation sites is 1. The number of carbonyl (C=O) groups excluding carboxylic acids is 1. The number of rotatable bonds is 4. The lowest BCUT2D eigenvalue weighted by Crippen LogP contribution is -2.06. The van der Waals surface area contributed by atoms with Gasteiger partial charge in [0.25, 0.3) is 0 Å². The van der Waals surface area contributed by atoms with Crippen LogP contribution in [0.5, 0.6) is 0 Å². The maximum absolute atomic E-state index is 13.5. The van der Waals surface area contributed by atoms with Crippen LogP contribution in [-0.4, -0.2) is 12.6 Å². The van der Waals surface area contributed by atoms with Crippen LogP contribution in [0.4, 0.5) is 21.5 Å². The van der Waals surface area contributed by atoms with Crippen molar-refractivity contribution in [2.45, 2.75) is 6.92 Å². The second-order valence-electron chi connectivity index (χ2n) is 4.13. The molecule has 0 unspecified atom stereocenters. The fraction of sp³-hybridized carbons (Fsp3) is 0.133. The van der Waals surface area contributed by atoms with Gasteiger partial charge in [-0.3, -0.25) is 0 Å². The minimum absolute atomic E-state index is 0.300. The maximum atomic E-state index is 13.5. The zero-order valence-electron chi connectivity index (χ0n) is 11.0. The molecule has 0 radical (unpaired) electrons. The Hall–Kier alpha value is -2.56. The molecule has 2 aromatic carbocycles. The normalized spacial score (nSPS) is 10.1. The van der Waals surface area contributed by atoms with Gasteiger partial charge in [-0.25, -0.2) is 9.18 Å². The third-order valence-corrected chi connectivity index (χ3v) is 2.71. The van der Waals surface area contributed by atoms with Gasteiger partial charge in [-0.1, -0.05) is 12.1 Å². The molecule has 0 amide bonds. The van der Waals surface area contributed by atoms with Crippen molar-refractivity contribution in [1.82, 2.24) is 0 Å².